The van der Waals surface area contributed by atoms with Gasteiger partial charge in [0, 0.05) is 10.0 Å². The van der Waals surface area contributed by atoms with Gasteiger partial charge in [0.1, 0.15) is 11.4 Å². The number of hydrogen-bond acceptors (Lipinski definition) is 3. The van der Waals surface area contributed by atoms with E-state index >= 15 is 0 Å². The molecule has 0 heterocycles. The van der Waals surface area contributed by atoms with Gasteiger partial charge in [-0.25, -0.2) is 4.79 Å². The van der Waals surface area contributed by atoms with Crippen LogP contribution in [-0.2, 0) is 4.79 Å². The van der Waals surface area contributed by atoms with Crippen molar-refractivity contribution < 1.29 is 19.4 Å². The Morgan fingerprint density at radius 1 is 1.17 bits per heavy atom. The summed E-state index contributed by atoms with van der Waals surface area (Å²) in [5, 5.41) is 11.7. The van der Waals surface area contributed by atoms with Crippen molar-refractivity contribution in [1.82, 2.24) is 5.32 Å². The molecule has 5 nitrogen and oxygen atoms in total. The number of amides is 1. The second kappa shape index (κ2) is 7.60. The monoisotopic (exact) mass is 375 g/mol. The van der Waals surface area contributed by atoms with E-state index in [-0.39, 0.29) is 5.70 Å². The number of carbonyl (C=O) groups excluding carboxylic acids is 1. The molecule has 118 valence electrons. The summed E-state index contributed by atoms with van der Waals surface area (Å²) >= 11 is 3.27. The lowest BCUT2D eigenvalue weighted by atomic mass is 10.1. The molecule has 0 fully saturated rings. The Morgan fingerprint density at radius 3 is 2.43 bits per heavy atom. The van der Waals surface area contributed by atoms with Crippen LogP contribution in [0.25, 0.3) is 6.08 Å². The molecule has 1 amide bonds. The van der Waals surface area contributed by atoms with Crippen LogP contribution in [0.5, 0.6) is 5.75 Å². The van der Waals surface area contributed by atoms with E-state index in [1.807, 2.05) is 0 Å². The van der Waals surface area contributed by atoms with E-state index in [0.717, 1.165) is 4.47 Å². The average Bonchev–Trinajstić information content (AvgIpc) is 2.54. The molecule has 6 heteroatoms. The molecule has 0 atom stereocenters. The number of carboxylic acids is 1. The smallest absolute Gasteiger partial charge is 0.352 e. The van der Waals surface area contributed by atoms with Gasteiger partial charge in [-0.15, -0.1) is 0 Å². The van der Waals surface area contributed by atoms with Gasteiger partial charge in [0.05, 0.1) is 7.11 Å². The third-order valence-corrected chi connectivity index (χ3v) is 3.49. The lowest BCUT2D eigenvalue weighted by Crippen LogP contribution is -2.27. The summed E-state index contributed by atoms with van der Waals surface area (Å²) in [5.74, 6) is -1.05. The van der Waals surface area contributed by atoms with Gasteiger partial charge < -0.3 is 15.2 Å². The molecule has 0 aliphatic rings. The number of halogens is 1. The minimum atomic E-state index is -1.22. The Morgan fingerprint density at radius 2 is 1.87 bits per heavy atom. The Hall–Kier alpha value is -2.60. The Labute approximate surface area is 141 Å². The summed E-state index contributed by atoms with van der Waals surface area (Å²) in [6.45, 7) is 0. The van der Waals surface area contributed by atoms with Gasteiger partial charge in [-0.1, -0.05) is 34.1 Å². The van der Waals surface area contributed by atoms with Gasteiger partial charge in [0.25, 0.3) is 5.91 Å². The van der Waals surface area contributed by atoms with Crippen LogP contribution in [0.2, 0.25) is 0 Å². The number of benzene rings is 2. The Kier molecular flexibility index (Phi) is 5.54. The van der Waals surface area contributed by atoms with E-state index in [2.05, 4.69) is 21.2 Å². The number of methoxy groups -OCH3 is 1. The van der Waals surface area contributed by atoms with Crippen LogP contribution >= 0.6 is 15.9 Å². The third kappa shape index (κ3) is 4.69. The highest BCUT2D eigenvalue weighted by Gasteiger charge is 2.13. The fourth-order valence-corrected chi connectivity index (χ4v) is 2.24. The molecule has 0 unspecified atom stereocenters. The molecule has 0 spiro atoms. The van der Waals surface area contributed by atoms with Crippen LogP contribution in [0, 0.1) is 0 Å². The van der Waals surface area contributed by atoms with Crippen molar-refractivity contribution >= 4 is 33.9 Å². The number of rotatable bonds is 5. The Bertz CT molecular complexity index is 753. The van der Waals surface area contributed by atoms with Gasteiger partial charge in [0.2, 0.25) is 0 Å². The van der Waals surface area contributed by atoms with Gasteiger partial charge in [0.15, 0.2) is 0 Å². The summed E-state index contributed by atoms with van der Waals surface area (Å²) in [7, 11) is 1.55. The summed E-state index contributed by atoms with van der Waals surface area (Å²) in [6.07, 6.45) is 1.39. The first-order chi connectivity index (χ1) is 11.0. The first-order valence-corrected chi connectivity index (χ1v) is 7.45. The fraction of sp³-hybridized carbons (Fsp3) is 0.0588. The van der Waals surface area contributed by atoms with Crippen LogP contribution in [0.4, 0.5) is 0 Å². The first-order valence-electron chi connectivity index (χ1n) is 6.65. The van der Waals surface area contributed by atoms with Crippen molar-refractivity contribution in [3.8, 4) is 5.75 Å². The molecule has 2 rings (SSSR count). The van der Waals surface area contributed by atoms with Crippen LogP contribution in [0.3, 0.4) is 0 Å². The van der Waals surface area contributed by atoms with Gasteiger partial charge in [-0.3, -0.25) is 4.79 Å². The van der Waals surface area contributed by atoms with Crippen molar-refractivity contribution in [2.45, 2.75) is 0 Å². The molecule has 0 aromatic heterocycles. The van der Waals surface area contributed by atoms with Crippen LogP contribution < -0.4 is 10.1 Å². The second-order valence-corrected chi connectivity index (χ2v) is 5.52. The quantitative estimate of drug-likeness (QED) is 0.786. The van der Waals surface area contributed by atoms with Gasteiger partial charge >= 0.3 is 5.97 Å². The highest BCUT2D eigenvalue weighted by molar-refractivity contribution is 9.10. The van der Waals surface area contributed by atoms with Crippen molar-refractivity contribution in [2.24, 2.45) is 0 Å². The highest BCUT2D eigenvalue weighted by atomic mass is 79.9. The maximum Gasteiger partial charge on any atom is 0.352 e. The molecular formula is C17H14BrNO4. The minimum Gasteiger partial charge on any atom is -0.497 e. The number of hydrogen-bond donors (Lipinski definition) is 2. The summed E-state index contributed by atoms with van der Waals surface area (Å²) in [6, 6.07) is 13.5. The topological polar surface area (TPSA) is 75.6 Å². The standard InChI is InChI=1S/C17H14BrNO4/c1-23-14-7-5-11(6-8-14)9-15(17(21)22)19-16(20)12-3-2-4-13(18)10-12/h2-10H,1H3,(H,19,20)(H,21,22). The maximum absolute atomic E-state index is 12.1. The second-order valence-electron chi connectivity index (χ2n) is 4.60. The molecule has 0 bridgehead atoms. The first kappa shape index (κ1) is 16.8. The van der Waals surface area contributed by atoms with Crippen molar-refractivity contribution in [1.29, 1.82) is 0 Å². The minimum absolute atomic E-state index is 0.208. The molecule has 0 aliphatic heterocycles. The van der Waals surface area contributed by atoms with E-state index in [1.54, 1.807) is 55.6 Å². The van der Waals surface area contributed by atoms with Crippen molar-refractivity contribution in [2.75, 3.05) is 7.11 Å². The lowest BCUT2D eigenvalue weighted by Gasteiger charge is -2.07. The molecule has 0 saturated heterocycles. The summed E-state index contributed by atoms with van der Waals surface area (Å²) < 4.78 is 5.78. The Balaban J connectivity index is 2.22. The van der Waals surface area contributed by atoms with Gasteiger partial charge in [-0.05, 0) is 42.0 Å². The van der Waals surface area contributed by atoms with E-state index in [4.69, 9.17) is 4.74 Å². The zero-order valence-electron chi connectivity index (χ0n) is 12.2. The summed E-state index contributed by atoms with van der Waals surface area (Å²) in [5.41, 5.74) is 0.791. The van der Waals surface area contributed by atoms with E-state index < -0.39 is 11.9 Å². The molecular weight excluding hydrogens is 362 g/mol. The molecule has 2 aromatic rings. The zero-order chi connectivity index (χ0) is 16.8. The van der Waals surface area contributed by atoms with Gasteiger partial charge in [-0.2, -0.15) is 0 Å². The zero-order valence-corrected chi connectivity index (χ0v) is 13.8. The molecule has 2 aromatic carbocycles. The number of carboxylic acid groups (broad SMARTS) is 1. The van der Waals surface area contributed by atoms with Crippen LogP contribution in [0.15, 0.2) is 58.7 Å². The van der Waals surface area contributed by atoms with E-state index in [0.29, 0.717) is 16.9 Å². The molecule has 2 N–H and O–H groups in total. The largest absolute Gasteiger partial charge is 0.497 e. The average molecular weight is 376 g/mol. The molecule has 23 heavy (non-hydrogen) atoms. The number of aliphatic carboxylic acids is 1. The van der Waals surface area contributed by atoms with Crippen molar-refractivity contribution in [3.63, 3.8) is 0 Å². The molecule has 0 saturated carbocycles. The van der Waals surface area contributed by atoms with E-state index in [1.165, 1.54) is 6.08 Å². The third-order valence-electron chi connectivity index (χ3n) is 2.99. The summed E-state index contributed by atoms with van der Waals surface area (Å²) in [4.78, 5) is 23.5. The van der Waals surface area contributed by atoms with Crippen LogP contribution in [0.1, 0.15) is 15.9 Å². The lowest BCUT2D eigenvalue weighted by molar-refractivity contribution is -0.132. The maximum atomic E-state index is 12.1. The predicted octanol–water partition coefficient (Wildman–Crippen LogP) is 3.31. The number of carbonyl (C=O) groups is 2. The van der Waals surface area contributed by atoms with E-state index in [9.17, 15) is 14.7 Å². The van der Waals surface area contributed by atoms with Crippen LogP contribution in [-0.4, -0.2) is 24.1 Å². The number of nitrogens with one attached hydrogen (secondary N) is 1. The molecule has 0 radical (unpaired) electrons. The molecule has 0 aliphatic carbocycles. The predicted molar refractivity (Wildman–Crippen MR) is 90.2 cm³/mol. The normalized spacial score (nSPS) is 11.0. The highest BCUT2D eigenvalue weighted by Crippen LogP contribution is 2.15. The SMILES string of the molecule is COc1ccc(C=C(NC(=O)c2cccc(Br)c2)C(=O)O)cc1. The fourth-order valence-electron chi connectivity index (χ4n) is 1.84. The van der Waals surface area contributed by atoms with Crippen molar-refractivity contribution in [3.05, 3.63) is 69.8 Å². The number of ether oxygens (including phenoxy) is 1.